The molecule has 1 rings (SSSR count). The van der Waals surface area contributed by atoms with Crippen LogP contribution in [0.4, 0.5) is 0 Å². The Morgan fingerprint density at radius 1 is 1.19 bits per heavy atom. The van der Waals surface area contributed by atoms with Gasteiger partial charge < -0.3 is 5.11 Å². The minimum Gasteiger partial charge on any atom is -0.388 e. The van der Waals surface area contributed by atoms with Crippen molar-refractivity contribution >= 4 is 15.9 Å². The fourth-order valence-electron chi connectivity index (χ4n) is 1.98. The van der Waals surface area contributed by atoms with Crippen molar-refractivity contribution in [2.75, 3.05) is 0 Å². The molecule has 0 bridgehead atoms. The van der Waals surface area contributed by atoms with Crippen molar-refractivity contribution < 1.29 is 5.11 Å². The summed E-state index contributed by atoms with van der Waals surface area (Å²) in [6, 6.07) is 7.99. The van der Waals surface area contributed by atoms with Gasteiger partial charge in [-0.3, -0.25) is 0 Å². The number of hydrogen-bond acceptors (Lipinski definition) is 1. The first-order valence-corrected chi connectivity index (χ1v) is 6.91. The van der Waals surface area contributed by atoms with Gasteiger partial charge in [0, 0.05) is 4.47 Å². The van der Waals surface area contributed by atoms with Gasteiger partial charge in [0.1, 0.15) is 0 Å². The number of unbranched alkanes of at least 4 members (excludes halogenated alkanes) is 1. The van der Waals surface area contributed by atoms with Gasteiger partial charge in [0.15, 0.2) is 0 Å². The average molecular weight is 285 g/mol. The van der Waals surface area contributed by atoms with E-state index in [9.17, 15) is 5.11 Å². The van der Waals surface area contributed by atoms with Gasteiger partial charge in [-0.15, -0.1) is 0 Å². The highest BCUT2D eigenvalue weighted by Gasteiger charge is 2.18. The molecule has 0 aliphatic carbocycles. The summed E-state index contributed by atoms with van der Waals surface area (Å²) in [5.74, 6) is 0.390. The second-order valence-electron chi connectivity index (χ2n) is 4.31. The predicted molar refractivity (Wildman–Crippen MR) is 72.4 cm³/mol. The average Bonchev–Trinajstić information content (AvgIpc) is 2.30. The number of benzene rings is 1. The van der Waals surface area contributed by atoms with Crippen molar-refractivity contribution in [3.63, 3.8) is 0 Å². The van der Waals surface area contributed by atoms with Crippen LogP contribution < -0.4 is 0 Å². The van der Waals surface area contributed by atoms with Gasteiger partial charge in [0.05, 0.1) is 6.10 Å². The molecular formula is C14H21BrO. The topological polar surface area (TPSA) is 20.2 Å². The van der Waals surface area contributed by atoms with Crippen molar-refractivity contribution in [1.82, 2.24) is 0 Å². The Morgan fingerprint density at radius 2 is 1.81 bits per heavy atom. The molecule has 1 aromatic carbocycles. The summed E-state index contributed by atoms with van der Waals surface area (Å²) in [5.41, 5.74) is 1.03. The SMILES string of the molecule is CCCCC(CC)C(O)c1ccc(Br)cc1. The zero-order valence-electron chi connectivity index (χ0n) is 10.1. The molecule has 90 valence electrons. The number of hydrogen-bond donors (Lipinski definition) is 1. The van der Waals surface area contributed by atoms with Crippen LogP contribution in [0.2, 0.25) is 0 Å². The van der Waals surface area contributed by atoms with Crippen LogP contribution in [0.3, 0.4) is 0 Å². The molecular weight excluding hydrogens is 264 g/mol. The second-order valence-corrected chi connectivity index (χ2v) is 5.22. The zero-order chi connectivity index (χ0) is 12.0. The largest absolute Gasteiger partial charge is 0.388 e. The van der Waals surface area contributed by atoms with Gasteiger partial charge in [0.25, 0.3) is 0 Å². The quantitative estimate of drug-likeness (QED) is 0.803. The molecule has 0 heterocycles. The Labute approximate surface area is 107 Å². The molecule has 0 fully saturated rings. The highest BCUT2D eigenvalue weighted by Crippen LogP contribution is 2.29. The normalized spacial score (nSPS) is 14.8. The smallest absolute Gasteiger partial charge is 0.0818 e. The van der Waals surface area contributed by atoms with Crippen molar-refractivity contribution in [3.8, 4) is 0 Å². The Morgan fingerprint density at radius 3 is 2.31 bits per heavy atom. The van der Waals surface area contributed by atoms with E-state index < -0.39 is 0 Å². The molecule has 0 amide bonds. The second kappa shape index (κ2) is 7.08. The van der Waals surface area contributed by atoms with Crippen molar-refractivity contribution in [2.45, 2.75) is 45.6 Å². The van der Waals surface area contributed by atoms with Crippen LogP contribution in [-0.4, -0.2) is 5.11 Å². The number of aliphatic hydroxyl groups is 1. The summed E-state index contributed by atoms with van der Waals surface area (Å²) >= 11 is 3.41. The van der Waals surface area contributed by atoms with E-state index in [0.29, 0.717) is 5.92 Å². The van der Waals surface area contributed by atoms with Gasteiger partial charge >= 0.3 is 0 Å². The highest BCUT2D eigenvalue weighted by atomic mass is 79.9. The van der Waals surface area contributed by atoms with E-state index in [2.05, 4.69) is 29.8 Å². The van der Waals surface area contributed by atoms with Gasteiger partial charge in [-0.05, 0) is 30.0 Å². The van der Waals surface area contributed by atoms with Crippen molar-refractivity contribution in [3.05, 3.63) is 34.3 Å². The van der Waals surface area contributed by atoms with Gasteiger partial charge in [-0.2, -0.15) is 0 Å². The highest BCUT2D eigenvalue weighted by molar-refractivity contribution is 9.10. The van der Waals surface area contributed by atoms with E-state index in [1.54, 1.807) is 0 Å². The van der Waals surface area contributed by atoms with Crippen LogP contribution in [0.15, 0.2) is 28.7 Å². The Balaban J connectivity index is 2.66. The molecule has 2 heteroatoms. The first kappa shape index (κ1) is 13.7. The third kappa shape index (κ3) is 3.91. The van der Waals surface area contributed by atoms with E-state index in [1.807, 2.05) is 24.3 Å². The van der Waals surface area contributed by atoms with E-state index in [1.165, 1.54) is 12.8 Å². The third-order valence-corrected chi connectivity index (χ3v) is 3.64. The lowest BCUT2D eigenvalue weighted by Crippen LogP contribution is -2.11. The maximum absolute atomic E-state index is 10.3. The van der Waals surface area contributed by atoms with E-state index >= 15 is 0 Å². The van der Waals surface area contributed by atoms with Crippen LogP contribution >= 0.6 is 15.9 Å². The molecule has 1 nitrogen and oxygen atoms in total. The number of halogens is 1. The molecule has 16 heavy (non-hydrogen) atoms. The van der Waals surface area contributed by atoms with Gasteiger partial charge in [-0.1, -0.05) is 61.2 Å². The summed E-state index contributed by atoms with van der Waals surface area (Å²) in [7, 11) is 0. The molecule has 1 N–H and O–H groups in total. The molecule has 0 spiro atoms. The first-order chi connectivity index (χ1) is 7.69. The van der Waals surface area contributed by atoms with Crippen LogP contribution in [0.25, 0.3) is 0 Å². The van der Waals surface area contributed by atoms with Crippen LogP contribution in [0, 0.1) is 5.92 Å². The minimum atomic E-state index is -0.315. The van der Waals surface area contributed by atoms with Crippen LogP contribution in [0.1, 0.15) is 51.2 Å². The molecule has 0 radical (unpaired) electrons. The summed E-state index contributed by atoms with van der Waals surface area (Å²) in [6.07, 6.45) is 4.24. The maximum Gasteiger partial charge on any atom is 0.0818 e. The molecule has 0 saturated heterocycles. The molecule has 0 aromatic heterocycles. The fourth-order valence-corrected chi connectivity index (χ4v) is 2.25. The third-order valence-electron chi connectivity index (χ3n) is 3.11. The maximum atomic E-state index is 10.3. The molecule has 0 aliphatic heterocycles. The van der Waals surface area contributed by atoms with Crippen molar-refractivity contribution in [2.24, 2.45) is 5.92 Å². The summed E-state index contributed by atoms with van der Waals surface area (Å²) < 4.78 is 1.06. The lowest BCUT2D eigenvalue weighted by Gasteiger charge is -2.21. The first-order valence-electron chi connectivity index (χ1n) is 6.12. The number of aliphatic hydroxyl groups excluding tert-OH is 1. The van der Waals surface area contributed by atoms with Gasteiger partial charge in [-0.25, -0.2) is 0 Å². The Bertz CT molecular complexity index is 294. The Kier molecular flexibility index (Phi) is 6.07. The van der Waals surface area contributed by atoms with E-state index in [4.69, 9.17) is 0 Å². The van der Waals surface area contributed by atoms with E-state index in [-0.39, 0.29) is 6.10 Å². The molecule has 0 aliphatic rings. The van der Waals surface area contributed by atoms with Crippen LogP contribution in [-0.2, 0) is 0 Å². The summed E-state index contributed by atoms with van der Waals surface area (Å²) in [6.45, 7) is 4.35. The summed E-state index contributed by atoms with van der Waals surface area (Å²) in [5, 5.41) is 10.3. The Hall–Kier alpha value is -0.340. The van der Waals surface area contributed by atoms with E-state index in [0.717, 1.165) is 22.9 Å². The lowest BCUT2D eigenvalue weighted by molar-refractivity contribution is 0.0989. The molecule has 2 atom stereocenters. The van der Waals surface area contributed by atoms with Crippen molar-refractivity contribution in [1.29, 1.82) is 0 Å². The monoisotopic (exact) mass is 284 g/mol. The minimum absolute atomic E-state index is 0.315. The number of rotatable bonds is 6. The predicted octanol–water partition coefficient (Wildman–Crippen LogP) is 4.70. The standard InChI is InChI=1S/C14H21BrO/c1-3-5-6-11(4-2)14(16)12-7-9-13(15)10-8-12/h7-11,14,16H,3-6H2,1-2H3. The van der Waals surface area contributed by atoms with Crippen LogP contribution in [0.5, 0.6) is 0 Å². The van der Waals surface area contributed by atoms with Gasteiger partial charge in [0.2, 0.25) is 0 Å². The lowest BCUT2D eigenvalue weighted by atomic mass is 9.89. The molecule has 1 aromatic rings. The zero-order valence-corrected chi connectivity index (χ0v) is 11.7. The fraction of sp³-hybridized carbons (Fsp3) is 0.571. The summed E-state index contributed by atoms with van der Waals surface area (Å²) in [4.78, 5) is 0. The molecule has 0 saturated carbocycles. The molecule has 2 unspecified atom stereocenters.